The maximum absolute atomic E-state index is 12.5. The molecule has 27 heavy (non-hydrogen) atoms. The highest BCUT2D eigenvalue weighted by atomic mass is 16.6. The first-order valence-electron chi connectivity index (χ1n) is 10.2. The zero-order valence-corrected chi connectivity index (χ0v) is 16.2. The third-order valence-corrected chi connectivity index (χ3v) is 6.19. The lowest BCUT2D eigenvalue weighted by atomic mass is 9.85. The molecule has 3 heterocycles. The van der Waals surface area contributed by atoms with E-state index in [1.807, 2.05) is 6.20 Å². The molecule has 1 atom stereocenters. The lowest BCUT2D eigenvalue weighted by Gasteiger charge is -2.32. The van der Waals surface area contributed by atoms with Crippen LogP contribution in [0.25, 0.3) is 0 Å². The first-order chi connectivity index (χ1) is 13.2. The fourth-order valence-corrected chi connectivity index (χ4v) is 4.67. The van der Waals surface area contributed by atoms with E-state index in [9.17, 15) is 4.79 Å². The summed E-state index contributed by atoms with van der Waals surface area (Å²) in [7, 11) is 1.74. The molecule has 3 aliphatic rings. The Balaban J connectivity index is 1.47. The third kappa shape index (κ3) is 4.09. The topological polar surface area (TPSA) is 67.8 Å². The van der Waals surface area contributed by atoms with Crippen LogP contribution >= 0.6 is 0 Å². The Bertz CT molecular complexity index is 662. The molecule has 0 N–H and O–H groups in total. The summed E-state index contributed by atoms with van der Waals surface area (Å²) in [5, 5.41) is 0. The van der Waals surface area contributed by atoms with E-state index in [1.165, 1.54) is 6.42 Å². The Hall–Kier alpha value is -1.73. The molecule has 148 valence electrons. The van der Waals surface area contributed by atoms with Crippen LogP contribution in [0.1, 0.15) is 56.6 Å². The minimum atomic E-state index is -0.311. The van der Waals surface area contributed by atoms with Crippen LogP contribution in [0.2, 0.25) is 0 Å². The Labute approximate surface area is 161 Å². The predicted octanol–water partition coefficient (Wildman–Crippen LogP) is 2.96. The summed E-state index contributed by atoms with van der Waals surface area (Å²) in [5.74, 6) is 0.985. The zero-order chi connectivity index (χ0) is 18.7. The molecule has 2 saturated heterocycles. The second-order valence-corrected chi connectivity index (χ2v) is 8.13. The van der Waals surface area contributed by atoms with Crippen molar-refractivity contribution in [2.75, 3.05) is 44.8 Å². The average molecular weight is 374 g/mol. The molecule has 0 radical (unpaired) electrons. The molecule has 1 aromatic heterocycles. The third-order valence-electron chi connectivity index (χ3n) is 6.19. The van der Waals surface area contributed by atoms with Crippen molar-refractivity contribution in [3.63, 3.8) is 0 Å². The van der Waals surface area contributed by atoms with Crippen molar-refractivity contribution in [3.05, 3.63) is 18.1 Å². The van der Waals surface area contributed by atoms with E-state index in [0.29, 0.717) is 18.3 Å². The SMILES string of the molecule is COCCN1CCC[C@@H](c2cncc(N3CC4(CCCCC4)OC3=O)n2)C1. The first kappa shape index (κ1) is 18.6. The molecule has 0 unspecified atom stereocenters. The normalized spacial score (nSPS) is 25.7. The van der Waals surface area contributed by atoms with Crippen molar-refractivity contribution in [1.82, 2.24) is 14.9 Å². The van der Waals surface area contributed by atoms with Crippen molar-refractivity contribution in [1.29, 1.82) is 0 Å². The van der Waals surface area contributed by atoms with Gasteiger partial charge in [0.25, 0.3) is 0 Å². The van der Waals surface area contributed by atoms with Gasteiger partial charge in [0.05, 0.1) is 25.0 Å². The minimum absolute atomic E-state index is 0.270. The molecule has 3 fully saturated rings. The van der Waals surface area contributed by atoms with E-state index >= 15 is 0 Å². The number of hydrogen-bond donors (Lipinski definition) is 0. The van der Waals surface area contributed by atoms with Gasteiger partial charge in [-0.25, -0.2) is 9.78 Å². The maximum atomic E-state index is 12.5. The van der Waals surface area contributed by atoms with Crippen LogP contribution in [0, 0.1) is 0 Å². The molecular formula is C20H30N4O3. The first-order valence-corrected chi connectivity index (χ1v) is 10.2. The molecule has 1 aromatic rings. The van der Waals surface area contributed by atoms with Gasteiger partial charge in [0, 0.05) is 32.3 Å². The molecular weight excluding hydrogens is 344 g/mol. The van der Waals surface area contributed by atoms with Gasteiger partial charge in [0.1, 0.15) is 5.60 Å². The molecule has 1 saturated carbocycles. The summed E-state index contributed by atoms with van der Waals surface area (Å²) >= 11 is 0. The van der Waals surface area contributed by atoms with Crippen molar-refractivity contribution in [2.24, 2.45) is 0 Å². The van der Waals surface area contributed by atoms with Crippen LogP contribution in [-0.2, 0) is 9.47 Å². The second kappa shape index (κ2) is 8.10. The highest BCUT2D eigenvalue weighted by molar-refractivity contribution is 5.89. The van der Waals surface area contributed by atoms with Crippen LogP contribution in [-0.4, -0.2) is 66.5 Å². The fraction of sp³-hybridized carbons (Fsp3) is 0.750. The van der Waals surface area contributed by atoms with Crippen molar-refractivity contribution < 1.29 is 14.3 Å². The monoisotopic (exact) mass is 374 g/mol. The standard InChI is InChI=1S/C20H30N4O3/c1-26-11-10-23-9-5-6-16(14-23)17-12-21-13-18(22-17)24-15-20(27-19(24)25)7-3-2-4-8-20/h12-13,16H,2-11,14-15H2,1H3/t16-/m1/s1. The van der Waals surface area contributed by atoms with E-state index < -0.39 is 0 Å². The summed E-state index contributed by atoms with van der Waals surface area (Å²) in [6, 6.07) is 0. The molecule has 1 aliphatic carbocycles. The van der Waals surface area contributed by atoms with Gasteiger partial charge in [-0.05, 0) is 45.1 Å². The van der Waals surface area contributed by atoms with Gasteiger partial charge < -0.3 is 14.4 Å². The number of piperidine rings is 1. The highest BCUT2D eigenvalue weighted by Gasteiger charge is 2.46. The molecule has 0 aromatic carbocycles. The fourth-order valence-electron chi connectivity index (χ4n) is 4.67. The van der Waals surface area contributed by atoms with Crippen LogP contribution in [0.15, 0.2) is 12.4 Å². The number of nitrogens with zero attached hydrogens (tertiary/aromatic N) is 4. The number of hydrogen-bond acceptors (Lipinski definition) is 6. The maximum Gasteiger partial charge on any atom is 0.416 e. The molecule has 0 bridgehead atoms. The van der Waals surface area contributed by atoms with Gasteiger partial charge in [-0.3, -0.25) is 9.88 Å². The van der Waals surface area contributed by atoms with Gasteiger partial charge in [-0.1, -0.05) is 6.42 Å². The van der Waals surface area contributed by atoms with E-state index in [1.54, 1.807) is 18.2 Å². The van der Waals surface area contributed by atoms with Crippen molar-refractivity contribution >= 4 is 11.9 Å². The zero-order valence-electron chi connectivity index (χ0n) is 16.2. The smallest absolute Gasteiger partial charge is 0.416 e. The van der Waals surface area contributed by atoms with Gasteiger partial charge in [-0.2, -0.15) is 0 Å². The quantitative estimate of drug-likeness (QED) is 0.789. The number of anilines is 1. The number of amides is 1. The molecule has 1 amide bonds. The number of carbonyl (C=O) groups is 1. The predicted molar refractivity (Wildman–Crippen MR) is 102 cm³/mol. The van der Waals surface area contributed by atoms with E-state index in [4.69, 9.17) is 14.5 Å². The summed E-state index contributed by atoms with van der Waals surface area (Å²) in [5.41, 5.74) is 0.668. The molecule has 4 rings (SSSR count). The van der Waals surface area contributed by atoms with Gasteiger partial charge in [0.15, 0.2) is 5.82 Å². The second-order valence-electron chi connectivity index (χ2n) is 8.13. The Kier molecular flexibility index (Phi) is 5.59. The molecule has 2 aliphatic heterocycles. The number of aromatic nitrogens is 2. The number of carbonyl (C=O) groups excluding carboxylic acids is 1. The number of ether oxygens (including phenoxy) is 2. The molecule has 7 nitrogen and oxygen atoms in total. The van der Waals surface area contributed by atoms with Crippen LogP contribution in [0.5, 0.6) is 0 Å². The lowest BCUT2D eigenvalue weighted by Crippen LogP contribution is -2.37. The average Bonchev–Trinajstić information content (AvgIpc) is 3.02. The summed E-state index contributed by atoms with van der Waals surface area (Å²) < 4.78 is 11.0. The summed E-state index contributed by atoms with van der Waals surface area (Å²) in [4.78, 5) is 25.9. The van der Waals surface area contributed by atoms with Gasteiger partial charge >= 0.3 is 6.09 Å². The van der Waals surface area contributed by atoms with Crippen LogP contribution in [0.3, 0.4) is 0 Å². The Morgan fingerprint density at radius 3 is 2.93 bits per heavy atom. The Morgan fingerprint density at radius 2 is 2.11 bits per heavy atom. The van der Waals surface area contributed by atoms with Crippen LogP contribution in [0.4, 0.5) is 10.6 Å². The summed E-state index contributed by atoms with van der Waals surface area (Å²) in [6.07, 6.45) is 10.9. The van der Waals surface area contributed by atoms with Crippen LogP contribution < -0.4 is 4.90 Å². The van der Waals surface area contributed by atoms with Gasteiger partial charge in [-0.15, -0.1) is 0 Å². The lowest BCUT2D eigenvalue weighted by molar-refractivity contribution is 0.0260. The number of methoxy groups -OCH3 is 1. The van der Waals surface area contributed by atoms with E-state index in [0.717, 1.165) is 70.5 Å². The summed E-state index contributed by atoms with van der Waals surface area (Å²) in [6.45, 7) is 4.37. The number of rotatable bonds is 5. The van der Waals surface area contributed by atoms with E-state index in [2.05, 4.69) is 9.88 Å². The largest absolute Gasteiger partial charge is 0.441 e. The minimum Gasteiger partial charge on any atom is -0.441 e. The molecule has 7 heteroatoms. The Morgan fingerprint density at radius 1 is 1.26 bits per heavy atom. The highest BCUT2D eigenvalue weighted by Crippen LogP contribution is 2.38. The van der Waals surface area contributed by atoms with E-state index in [-0.39, 0.29) is 11.7 Å². The van der Waals surface area contributed by atoms with Crippen molar-refractivity contribution in [3.8, 4) is 0 Å². The molecule has 1 spiro atoms. The van der Waals surface area contributed by atoms with Gasteiger partial charge in [0.2, 0.25) is 0 Å². The number of likely N-dealkylation sites (tertiary alicyclic amines) is 1. The van der Waals surface area contributed by atoms with Crippen molar-refractivity contribution in [2.45, 2.75) is 56.5 Å².